The number of fused-ring (bicyclic) bond motifs is 3. The number of aromatic nitrogens is 2. The number of likely N-dealkylation sites (tertiary alicyclic amines) is 1. The standard InChI is InChI=1S/C45H53F2N5O8S/c1-28-38(59-2)16-15-34-39(22-35(49-41(28)34)30-11-8-18-48-25-30)60-32-21-36-37(53)24-44(43(56)50-61(57,58)33-13-14-33)23-31(44)12-7-5-3-4-6-10-29(42(55)52(36)26-32)20-40(54)51-19-9-17-45(46,47)27-51/h7-8,11-12,15-16,18,22,25,29,31-33,36H,3-6,9-10,13-14,17,19-21,23-24,26-27H2,1-2H3,(H,50,56)/b12-7-/t29-,31-,32-,36+,44-/m1/s1. The number of nitrogens with zero attached hydrogens (tertiary/aromatic N) is 4. The lowest BCUT2D eigenvalue weighted by Crippen LogP contribution is -2.49. The monoisotopic (exact) mass is 861 g/mol. The van der Waals surface area contributed by atoms with Crippen molar-refractivity contribution >= 4 is 44.4 Å². The van der Waals surface area contributed by atoms with Crippen LogP contribution in [0.1, 0.15) is 89.0 Å². The van der Waals surface area contributed by atoms with Crippen molar-refractivity contribution in [3.63, 3.8) is 0 Å². The number of aryl methyl sites for hydroxylation is 1. The van der Waals surface area contributed by atoms with Gasteiger partial charge in [0.25, 0.3) is 5.92 Å². The third-order valence-electron chi connectivity index (χ3n) is 13.1. The molecule has 326 valence electrons. The molecule has 4 fully saturated rings. The normalized spacial score (nSPS) is 27.6. The van der Waals surface area contributed by atoms with Gasteiger partial charge in [-0.25, -0.2) is 22.2 Å². The van der Waals surface area contributed by atoms with Gasteiger partial charge in [-0.2, -0.15) is 0 Å². The number of methoxy groups -OCH3 is 1. The molecule has 2 saturated heterocycles. The number of halogens is 2. The number of carbonyl (C=O) groups is 4. The van der Waals surface area contributed by atoms with Crippen LogP contribution < -0.4 is 14.2 Å². The highest BCUT2D eigenvalue weighted by Crippen LogP contribution is 2.57. The van der Waals surface area contributed by atoms with Gasteiger partial charge < -0.3 is 19.3 Å². The van der Waals surface area contributed by atoms with E-state index in [9.17, 15) is 36.4 Å². The van der Waals surface area contributed by atoms with Crippen LogP contribution in [-0.4, -0.2) is 102 Å². The van der Waals surface area contributed by atoms with E-state index in [1.165, 1.54) is 4.90 Å². The molecule has 13 nitrogen and oxygen atoms in total. The Bertz CT molecular complexity index is 2340. The third kappa shape index (κ3) is 9.15. The predicted octanol–water partition coefficient (Wildman–Crippen LogP) is 6.32. The number of alkyl halides is 2. The Balaban J connectivity index is 1.14. The Labute approximate surface area is 354 Å². The molecule has 0 radical (unpaired) electrons. The van der Waals surface area contributed by atoms with E-state index in [-0.39, 0.29) is 57.5 Å². The topological polar surface area (TPSA) is 165 Å². The molecule has 3 amide bonds. The molecule has 0 spiro atoms. The van der Waals surface area contributed by atoms with Gasteiger partial charge >= 0.3 is 0 Å². The second kappa shape index (κ2) is 17.1. The first-order valence-corrected chi connectivity index (χ1v) is 23.0. The molecular weight excluding hydrogens is 809 g/mol. The van der Waals surface area contributed by atoms with Gasteiger partial charge in [-0.05, 0) is 82.1 Å². The molecule has 61 heavy (non-hydrogen) atoms. The second-order valence-corrected chi connectivity index (χ2v) is 19.5. The minimum atomic E-state index is -3.90. The number of Topliss-reactive ketones (excluding diaryl/α,β-unsaturated/α-hetero) is 1. The molecule has 2 aromatic heterocycles. The van der Waals surface area contributed by atoms with Gasteiger partial charge in [0.15, 0.2) is 5.78 Å². The number of piperidine rings is 1. The average molecular weight is 862 g/mol. The molecule has 2 saturated carbocycles. The fourth-order valence-corrected chi connectivity index (χ4v) is 10.8. The van der Waals surface area contributed by atoms with E-state index in [1.807, 2.05) is 37.3 Å². The molecule has 2 aliphatic carbocycles. The van der Waals surface area contributed by atoms with Crippen molar-refractivity contribution in [2.24, 2.45) is 17.3 Å². The highest BCUT2D eigenvalue weighted by molar-refractivity contribution is 7.90. The SMILES string of the molecule is COc1ccc2c(O[C@@H]3C[C@H]4C(=O)C[C@]5(C(=O)NS(=O)(=O)C6CC6)C[C@H]5/C=C\CCCCC[C@H](CC(=O)N5CCCC(F)(F)C5)C(=O)N4C3)cc(-c3cccnc3)nc2c1C. The Morgan fingerprint density at radius 2 is 1.87 bits per heavy atom. The number of hydrogen-bond donors (Lipinski definition) is 1. The lowest BCUT2D eigenvalue weighted by atomic mass is 9.90. The summed E-state index contributed by atoms with van der Waals surface area (Å²) in [5.74, 6) is -5.29. The summed E-state index contributed by atoms with van der Waals surface area (Å²) in [5, 5.41) is 0.0398. The number of amides is 3. The maximum atomic E-state index is 14.9. The van der Waals surface area contributed by atoms with Gasteiger partial charge in [0.2, 0.25) is 27.7 Å². The molecular formula is C45H53F2N5O8S. The molecule has 3 aliphatic heterocycles. The lowest BCUT2D eigenvalue weighted by molar-refractivity contribution is -0.148. The average Bonchev–Trinajstić information content (AvgIpc) is 4.16. The summed E-state index contributed by atoms with van der Waals surface area (Å²) in [4.78, 5) is 69.1. The first-order valence-electron chi connectivity index (χ1n) is 21.4. The van der Waals surface area contributed by atoms with E-state index in [4.69, 9.17) is 14.5 Å². The molecule has 16 heteroatoms. The summed E-state index contributed by atoms with van der Waals surface area (Å²) in [6.45, 7) is 1.34. The molecule has 0 unspecified atom stereocenters. The van der Waals surface area contributed by atoms with Crippen molar-refractivity contribution in [3.05, 3.63) is 60.4 Å². The molecule has 5 atom stereocenters. The van der Waals surface area contributed by atoms with Crippen LogP contribution in [0.4, 0.5) is 8.78 Å². The molecule has 5 aliphatic rings. The Morgan fingerprint density at radius 3 is 2.61 bits per heavy atom. The van der Waals surface area contributed by atoms with Crippen LogP contribution in [-0.2, 0) is 29.2 Å². The van der Waals surface area contributed by atoms with Crippen molar-refractivity contribution < 1.29 is 45.9 Å². The van der Waals surface area contributed by atoms with Crippen molar-refractivity contribution in [2.75, 3.05) is 26.7 Å². The molecule has 5 heterocycles. The van der Waals surface area contributed by atoms with E-state index in [0.717, 1.165) is 28.9 Å². The number of carbonyl (C=O) groups excluding carboxylic acids is 4. The zero-order chi connectivity index (χ0) is 43.1. The van der Waals surface area contributed by atoms with Crippen LogP contribution in [0.15, 0.2) is 54.9 Å². The first-order chi connectivity index (χ1) is 29.2. The van der Waals surface area contributed by atoms with Crippen LogP contribution in [0.3, 0.4) is 0 Å². The number of hydrogen-bond acceptors (Lipinski definition) is 10. The third-order valence-corrected chi connectivity index (χ3v) is 14.9. The van der Waals surface area contributed by atoms with Crippen molar-refractivity contribution in [1.29, 1.82) is 0 Å². The largest absolute Gasteiger partial charge is 0.496 e. The van der Waals surface area contributed by atoms with Crippen molar-refractivity contribution in [2.45, 2.75) is 114 Å². The zero-order valence-corrected chi connectivity index (χ0v) is 35.4. The summed E-state index contributed by atoms with van der Waals surface area (Å²) >= 11 is 0. The molecule has 1 aromatic carbocycles. The van der Waals surface area contributed by atoms with Crippen molar-refractivity contribution in [1.82, 2.24) is 24.5 Å². The quantitative estimate of drug-likeness (QED) is 0.241. The van der Waals surface area contributed by atoms with Crippen LogP contribution in [0.2, 0.25) is 0 Å². The molecule has 3 aromatic rings. The van der Waals surface area contributed by atoms with E-state index in [0.29, 0.717) is 60.2 Å². The minimum absolute atomic E-state index is 0.0263. The highest BCUT2D eigenvalue weighted by Gasteiger charge is 2.61. The maximum absolute atomic E-state index is 14.9. The number of sulfonamides is 1. The molecule has 8 rings (SSSR count). The zero-order valence-electron chi connectivity index (χ0n) is 34.6. The van der Waals surface area contributed by atoms with Gasteiger partial charge in [-0.3, -0.25) is 28.9 Å². The second-order valence-electron chi connectivity index (χ2n) is 17.5. The molecule has 1 N–H and O–H groups in total. The summed E-state index contributed by atoms with van der Waals surface area (Å²) in [7, 11) is -2.33. The predicted molar refractivity (Wildman–Crippen MR) is 222 cm³/mol. The Morgan fingerprint density at radius 1 is 1.05 bits per heavy atom. The van der Waals surface area contributed by atoms with Crippen LogP contribution in [0.5, 0.6) is 11.5 Å². The number of nitrogens with one attached hydrogen (secondary N) is 1. The Kier molecular flexibility index (Phi) is 11.9. The molecule has 0 bridgehead atoms. The number of rotatable bonds is 9. The van der Waals surface area contributed by atoms with E-state index < -0.39 is 74.7 Å². The summed E-state index contributed by atoms with van der Waals surface area (Å²) in [6.07, 6.45) is 10.1. The number of pyridine rings is 2. The van der Waals surface area contributed by atoms with Gasteiger partial charge in [-0.15, -0.1) is 0 Å². The maximum Gasteiger partial charge on any atom is 0.265 e. The van der Waals surface area contributed by atoms with Crippen LogP contribution in [0.25, 0.3) is 22.2 Å². The Hall–Kier alpha value is -4.99. The number of allylic oxidation sites excluding steroid dienone is 2. The highest BCUT2D eigenvalue weighted by atomic mass is 32.2. The minimum Gasteiger partial charge on any atom is -0.496 e. The van der Waals surface area contributed by atoms with E-state index in [2.05, 4.69) is 9.71 Å². The smallest absolute Gasteiger partial charge is 0.265 e. The van der Waals surface area contributed by atoms with Gasteiger partial charge in [0.05, 0.1) is 48.1 Å². The van der Waals surface area contributed by atoms with Crippen LogP contribution in [0, 0.1) is 24.2 Å². The lowest BCUT2D eigenvalue weighted by Gasteiger charge is -2.34. The van der Waals surface area contributed by atoms with Gasteiger partial charge in [-0.1, -0.05) is 25.0 Å². The van der Waals surface area contributed by atoms with E-state index >= 15 is 0 Å². The number of ketones is 1. The number of ether oxygens (including phenoxy) is 2. The summed E-state index contributed by atoms with van der Waals surface area (Å²) in [6, 6.07) is 8.05. The van der Waals surface area contributed by atoms with E-state index in [1.54, 1.807) is 31.6 Å². The summed E-state index contributed by atoms with van der Waals surface area (Å²) in [5.41, 5.74) is 1.41. The van der Waals surface area contributed by atoms with Crippen molar-refractivity contribution in [3.8, 4) is 22.8 Å². The van der Waals surface area contributed by atoms with Gasteiger partial charge in [0.1, 0.15) is 17.6 Å². The van der Waals surface area contributed by atoms with Crippen LogP contribution >= 0.6 is 0 Å². The van der Waals surface area contributed by atoms with Gasteiger partial charge in [0, 0.05) is 73.1 Å². The number of benzene rings is 1. The first kappa shape index (κ1) is 42.7. The fraction of sp³-hybridized carbons (Fsp3) is 0.556. The summed E-state index contributed by atoms with van der Waals surface area (Å²) < 4.78 is 69.5. The fourth-order valence-electron chi connectivity index (χ4n) is 9.38.